The van der Waals surface area contributed by atoms with E-state index in [9.17, 15) is 4.79 Å². The van der Waals surface area contributed by atoms with E-state index in [2.05, 4.69) is 10.6 Å². The number of methoxy groups -OCH3 is 1. The van der Waals surface area contributed by atoms with E-state index in [1.54, 1.807) is 19.2 Å². The Morgan fingerprint density at radius 3 is 2.95 bits per heavy atom. The lowest BCUT2D eigenvalue weighted by atomic mass is 10.2. The first-order valence-electron chi connectivity index (χ1n) is 7.09. The van der Waals surface area contributed by atoms with Crippen molar-refractivity contribution in [2.75, 3.05) is 26.9 Å². The van der Waals surface area contributed by atoms with E-state index in [-0.39, 0.29) is 12.5 Å². The van der Waals surface area contributed by atoms with Crippen molar-refractivity contribution in [2.24, 2.45) is 0 Å². The number of nitrogens with one attached hydrogen (secondary N) is 2. The predicted molar refractivity (Wildman–Crippen MR) is 81.7 cm³/mol. The zero-order valence-corrected chi connectivity index (χ0v) is 12.9. The molecule has 1 aliphatic rings. The average molecular weight is 313 g/mol. The van der Waals surface area contributed by atoms with Gasteiger partial charge < -0.3 is 20.1 Å². The van der Waals surface area contributed by atoms with Gasteiger partial charge in [0.15, 0.2) is 6.61 Å². The van der Waals surface area contributed by atoms with Crippen molar-refractivity contribution in [3.8, 4) is 5.75 Å². The molecule has 1 aromatic rings. The van der Waals surface area contributed by atoms with Gasteiger partial charge >= 0.3 is 0 Å². The number of rotatable bonds is 9. The molecule has 2 rings (SSSR count). The third kappa shape index (κ3) is 5.91. The van der Waals surface area contributed by atoms with Crippen molar-refractivity contribution in [2.45, 2.75) is 25.4 Å². The molecule has 2 N–H and O–H groups in total. The van der Waals surface area contributed by atoms with E-state index in [1.165, 1.54) is 12.8 Å². The Morgan fingerprint density at radius 2 is 2.24 bits per heavy atom. The summed E-state index contributed by atoms with van der Waals surface area (Å²) < 4.78 is 10.5. The first-order chi connectivity index (χ1) is 10.2. The molecule has 1 saturated carbocycles. The zero-order valence-electron chi connectivity index (χ0n) is 12.2. The van der Waals surface area contributed by atoms with Gasteiger partial charge in [0.2, 0.25) is 0 Å². The molecule has 0 unspecified atom stereocenters. The fraction of sp³-hybridized carbons (Fsp3) is 0.533. The second-order valence-corrected chi connectivity index (χ2v) is 5.48. The molecule has 6 heteroatoms. The van der Waals surface area contributed by atoms with E-state index in [1.807, 2.05) is 6.07 Å². The van der Waals surface area contributed by atoms with Gasteiger partial charge in [-0.15, -0.1) is 0 Å². The van der Waals surface area contributed by atoms with Crippen molar-refractivity contribution in [3.63, 3.8) is 0 Å². The van der Waals surface area contributed by atoms with Crippen molar-refractivity contribution in [1.82, 2.24) is 10.6 Å². The van der Waals surface area contributed by atoms with E-state index < -0.39 is 0 Å². The molecule has 0 atom stereocenters. The van der Waals surface area contributed by atoms with Crippen LogP contribution in [0.15, 0.2) is 18.2 Å². The second kappa shape index (κ2) is 8.22. The minimum absolute atomic E-state index is 0.0121. The molecule has 1 amide bonds. The van der Waals surface area contributed by atoms with E-state index in [0.717, 1.165) is 5.56 Å². The van der Waals surface area contributed by atoms with Crippen LogP contribution in [0.25, 0.3) is 0 Å². The first-order valence-corrected chi connectivity index (χ1v) is 7.47. The lowest BCUT2D eigenvalue weighted by molar-refractivity contribution is -0.123. The van der Waals surface area contributed by atoms with Crippen LogP contribution in [0, 0.1) is 0 Å². The van der Waals surface area contributed by atoms with Crippen molar-refractivity contribution < 1.29 is 14.3 Å². The molecule has 0 aliphatic heterocycles. The first kappa shape index (κ1) is 16.1. The van der Waals surface area contributed by atoms with Crippen LogP contribution in [-0.4, -0.2) is 38.8 Å². The van der Waals surface area contributed by atoms with Crippen LogP contribution in [0.1, 0.15) is 18.4 Å². The molecule has 116 valence electrons. The van der Waals surface area contributed by atoms with Crippen LogP contribution in [-0.2, 0) is 16.1 Å². The number of carbonyl (C=O) groups is 1. The van der Waals surface area contributed by atoms with E-state index >= 15 is 0 Å². The average Bonchev–Trinajstić information content (AvgIpc) is 3.28. The maximum atomic E-state index is 11.6. The summed E-state index contributed by atoms with van der Waals surface area (Å²) in [6, 6.07) is 6.04. The number of carbonyl (C=O) groups excluding carboxylic acids is 1. The van der Waals surface area contributed by atoms with Crippen molar-refractivity contribution in [1.29, 1.82) is 0 Å². The van der Waals surface area contributed by atoms with Crippen LogP contribution in [0.4, 0.5) is 0 Å². The highest BCUT2D eigenvalue weighted by molar-refractivity contribution is 6.30. The number of ether oxygens (including phenoxy) is 2. The quantitative estimate of drug-likeness (QED) is 0.682. The van der Waals surface area contributed by atoms with Gasteiger partial charge in [0, 0.05) is 36.8 Å². The number of halogens is 1. The van der Waals surface area contributed by atoms with E-state index in [0.29, 0.717) is 36.5 Å². The summed E-state index contributed by atoms with van der Waals surface area (Å²) in [5.41, 5.74) is 0.971. The molecule has 0 spiro atoms. The largest absolute Gasteiger partial charge is 0.483 e. The molecule has 1 aliphatic carbocycles. The number of amides is 1. The molecule has 1 aromatic carbocycles. The van der Waals surface area contributed by atoms with Crippen molar-refractivity contribution in [3.05, 3.63) is 28.8 Å². The Hall–Kier alpha value is -1.30. The standard InChI is InChI=1S/C15H21ClN2O3/c1-20-7-6-17-15(19)10-21-14-5-2-12(16)8-11(14)9-18-13-3-4-13/h2,5,8,13,18H,3-4,6-7,9-10H2,1H3,(H,17,19). The summed E-state index contributed by atoms with van der Waals surface area (Å²) in [5.74, 6) is 0.526. The van der Waals surface area contributed by atoms with Gasteiger partial charge in [-0.25, -0.2) is 0 Å². The molecule has 21 heavy (non-hydrogen) atoms. The van der Waals surface area contributed by atoms with Crippen molar-refractivity contribution >= 4 is 17.5 Å². The minimum Gasteiger partial charge on any atom is -0.483 e. The van der Waals surface area contributed by atoms with Gasteiger partial charge in [0.05, 0.1) is 6.61 Å². The fourth-order valence-electron chi connectivity index (χ4n) is 1.86. The van der Waals surface area contributed by atoms with Gasteiger partial charge in [-0.1, -0.05) is 11.6 Å². The normalized spacial score (nSPS) is 14.0. The molecular weight excluding hydrogens is 292 g/mol. The molecule has 1 fully saturated rings. The lowest BCUT2D eigenvalue weighted by Gasteiger charge is -2.12. The lowest BCUT2D eigenvalue weighted by Crippen LogP contribution is -2.31. The molecule has 5 nitrogen and oxygen atoms in total. The molecule has 0 radical (unpaired) electrons. The molecule has 0 heterocycles. The topological polar surface area (TPSA) is 59.6 Å². The Labute approximate surface area is 130 Å². The molecule has 0 aromatic heterocycles. The zero-order chi connectivity index (χ0) is 15.1. The van der Waals surface area contributed by atoms with Gasteiger partial charge in [0.1, 0.15) is 5.75 Å². The fourth-order valence-corrected chi connectivity index (χ4v) is 2.05. The Bertz CT molecular complexity index is 478. The highest BCUT2D eigenvalue weighted by Crippen LogP contribution is 2.25. The van der Waals surface area contributed by atoms with Gasteiger partial charge in [-0.2, -0.15) is 0 Å². The predicted octanol–water partition coefficient (Wildman–Crippen LogP) is 1.73. The maximum Gasteiger partial charge on any atom is 0.258 e. The van der Waals surface area contributed by atoms with Crippen LogP contribution in [0.5, 0.6) is 5.75 Å². The smallest absolute Gasteiger partial charge is 0.258 e. The summed E-state index contributed by atoms with van der Waals surface area (Å²) in [5, 5.41) is 6.79. The van der Waals surface area contributed by atoms with Crippen LogP contribution in [0.2, 0.25) is 5.02 Å². The molecule has 0 bridgehead atoms. The summed E-state index contributed by atoms with van der Waals surface area (Å²) >= 11 is 6.02. The second-order valence-electron chi connectivity index (χ2n) is 5.04. The van der Waals surface area contributed by atoms with Gasteiger partial charge in [0.25, 0.3) is 5.91 Å². The summed E-state index contributed by atoms with van der Waals surface area (Å²) in [6.45, 7) is 1.66. The molecule has 0 saturated heterocycles. The Balaban J connectivity index is 1.84. The maximum absolute atomic E-state index is 11.6. The summed E-state index contributed by atoms with van der Waals surface area (Å²) in [7, 11) is 1.59. The SMILES string of the molecule is COCCNC(=O)COc1ccc(Cl)cc1CNC1CC1. The highest BCUT2D eigenvalue weighted by atomic mass is 35.5. The van der Waals surface area contributed by atoms with Crippen LogP contribution < -0.4 is 15.4 Å². The van der Waals surface area contributed by atoms with E-state index in [4.69, 9.17) is 21.1 Å². The van der Waals surface area contributed by atoms with Gasteiger partial charge in [-0.05, 0) is 31.0 Å². The third-order valence-electron chi connectivity index (χ3n) is 3.17. The van der Waals surface area contributed by atoms with Crippen LogP contribution in [0.3, 0.4) is 0 Å². The highest BCUT2D eigenvalue weighted by Gasteiger charge is 2.20. The summed E-state index contributed by atoms with van der Waals surface area (Å²) in [6.07, 6.45) is 2.44. The Kier molecular flexibility index (Phi) is 6.29. The van der Waals surface area contributed by atoms with Crippen LogP contribution >= 0.6 is 11.6 Å². The van der Waals surface area contributed by atoms with Gasteiger partial charge in [-0.3, -0.25) is 4.79 Å². The number of benzene rings is 1. The summed E-state index contributed by atoms with van der Waals surface area (Å²) in [4.78, 5) is 11.6. The molecular formula is C15H21ClN2O3. The number of hydrogen-bond acceptors (Lipinski definition) is 4. The number of hydrogen-bond donors (Lipinski definition) is 2. The Morgan fingerprint density at radius 1 is 1.43 bits per heavy atom. The minimum atomic E-state index is -0.164. The monoisotopic (exact) mass is 312 g/mol. The third-order valence-corrected chi connectivity index (χ3v) is 3.40.